The molecule has 50 heavy (non-hydrogen) atoms. The van der Waals surface area contributed by atoms with Gasteiger partial charge in [-0.15, -0.1) is 0 Å². The fourth-order valence-electron chi connectivity index (χ4n) is 6.88. The number of halogens is 1. The van der Waals surface area contributed by atoms with Crippen molar-refractivity contribution >= 4 is 38.3 Å². The first-order valence-corrected chi connectivity index (χ1v) is 18.5. The monoisotopic (exact) mass is 696 g/mol. The van der Waals surface area contributed by atoms with E-state index in [0.29, 0.717) is 61.9 Å². The van der Waals surface area contributed by atoms with Gasteiger partial charge in [0, 0.05) is 46.8 Å². The standard InChI is InChI=1S/C41H33ClN4O3S/c1-3-4-18-36-44-41(42)39(45(36)24-27-12-6-5-7-13-27)32-23-34(43-38-30-15-8-9-16-31(30)40(47)37(32)38)33-25-46(35-17-11-10-14-29(33)35)50(48,49)28-21-19-26(2)20-22-28/h5-17,19-23,25H,3-4,18,24H2,1-2H3. The third-order valence-electron chi connectivity index (χ3n) is 9.40. The van der Waals surface area contributed by atoms with Crippen molar-refractivity contribution in [2.45, 2.75) is 44.6 Å². The normalized spacial score (nSPS) is 12.4. The van der Waals surface area contributed by atoms with Gasteiger partial charge in [-0.25, -0.2) is 22.4 Å². The Balaban J connectivity index is 1.40. The molecule has 0 amide bonds. The highest BCUT2D eigenvalue weighted by Crippen LogP contribution is 2.45. The zero-order chi connectivity index (χ0) is 34.6. The molecule has 3 heterocycles. The third kappa shape index (κ3) is 5.27. The second-order valence-electron chi connectivity index (χ2n) is 12.7. The van der Waals surface area contributed by atoms with Crippen molar-refractivity contribution in [3.05, 3.63) is 149 Å². The minimum atomic E-state index is -3.95. The number of hydrogen-bond acceptors (Lipinski definition) is 5. The van der Waals surface area contributed by atoms with Crippen LogP contribution in [-0.2, 0) is 23.0 Å². The number of pyridine rings is 1. The molecule has 0 saturated carbocycles. The van der Waals surface area contributed by atoms with Crippen molar-refractivity contribution < 1.29 is 13.2 Å². The Kier molecular flexibility index (Phi) is 8.01. The fraction of sp³-hybridized carbons (Fsp3) is 0.146. The van der Waals surface area contributed by atoms with Crippen LogP contribution in [0.1, 0.15) is 52.6 Å². The van der Waals surface area contributed by atoms with Gasteiger partial charge in [0.15, 0.2) is 10.9 Å². The lowest BCUT2D eigenvalue weighted by Gasteiger charge is -2.16. The number of imidazole rings is 1. The molecule has 1 aliphatic rings. The maximum absolute atomic E-state index is 14.2. The minimum Gasteiger partial charge on any atom is -0.322 e. The molecule has 0 aliphatic heterocycles. The van der Waals surface area contributed by atoms with Gasteiger partial charge in [0.05, 0.1) is 33.1 Å². The lowest BCUT2D eigenvalue weighted by molar-refractivity contribution is 0.104. The number of carbonyl (C=O) groups is 1. The lowest BCUT2D eigenvalue weighted by atomic mass is 9.98. The molecule has 0 radical (unpaired) electrons. The van der Waals surface area contributed by atoms with Gasteiger partial charge in [-0.05, 0) is 43.2 Å². The van der Waals surface area contributed by atoms with E-state index in [1.807, 2.05) is 73.7 Å². The molecule has 0 spiro atoms. The largest absolute Gasteiger partial charge is 0.322 e. The molecule has 0 unspecified atom stereocenters. The van der Waals surface area contributed by atoms with E-state index in [1.165, 1.54) is 3.97 Å². The number of rotatable bonds is 9. The van der Waals surface area contributed by atoms with Crippen LogP contribution in [0.2, 0.25) is 5.15 Å². The number of carbonyl (C=O) groups excluding carboxylic acids is 1. The van der Waals surface area contributed by atoms with Gasteiger partial charge in [-0.1, -0.05) is 115 Å². The van der Waals surface area contributed by atoms with Crippen LogP contribution >= 0.6 is 11.6 Å². The van der Waals surface area contributed by atoms with Crippen molar-refractivity contribution in [2.24, 2.45) is 0 Å². The number of benzene rings is 4. The predicted molar refractivity (Wildman–Crippen MR) is 198 cm³/mol. The van der Waals surface area contributed by atoms with Crippen LogP contribution in [0.3, 0.4) is 0 Å². The van der Waals surface area contributed by atoms with E-state index in [-0.39, 0.29) is 10.7 Å². The van der Waals surface area contributed by atoms with E-state index >= 15 is 0 Å². The summed E-state index contributed by atoms with van der Waals surface area (Å²) in [5.74, 6) is 0.708. The first-order valence-electron chi connectivity index (χ1n) is 16.7. The quantitative estimate of drug-likeness (QED) is 0.150. The van der Waals surface area contributed by atoms with Gasteiger partial charge in [0.2, 0.25) is 0 Å². The van der Waals surface area contributed by atoms with Crippen LogP contribution in [0.15, 0.2) is 120 Å². The molecule has 1 aliphatic carbocycles. The lowest BCUT2D eigenvalue weighted by Crippen LogP contribution is -2.11. The molecule has 248 valence electrons. The number of hydrogen-bond donors (Lipinski definition) is 0. The molecule has 3 aromatic heterocycles. The summed E-state index contributed by atoms with van der Waals surface area (Å²) in [6.45, 7) is 4.57. The molecule has 0 fully saturated rings. The summed E-state index contributed by atoms with van der Waals surface area (Å²) >= 11 is 7.08. The average Bonchev–Trinajstić information content (AvgIpc) is 3.77. The van der Waals surface area contributed by atoms with Crippen LogP contribution < -0.4 is 0 Å². The van der Waals surface area contributed by atoms with Crippen LogP contribution in [0.4, 0.5) is 0 Å². The second-order valence-corrected chi connectivity index (χ2v) is 14.8. The van der Waals surface area contributed by atoms with Crippen molar-refractivity contribution in [3.63, 3.8) is 0 Å². The van der Waals surface area contributed by atoms with E-state index < -0.39 is 10.0 Å². The smallest absolute Gasteiger partial charge is 0.268 e. The number of unbranched alkanes of at least 4 members (excludes halogenated alkanes) is 1. The van der Waals surface area contributed by atoms with Gasteiger partial charge in [-0.3, -0.25) is 4.79 Å². The summed E-state index contributed by atoms with van der Waals surface area (Å²) in [6.07, 6.45) is 4.28. The summed E-state index contributed by atoms with van der Waals surface area (Å²) in [7, 11) is -3.95. The predicted octanol–water partition coefficient (Wildman–Crippen LogP) is 9.37. The number of aromatic nitrogens is 4. The van der Waals surface area contributed by atoms with Gasteiger partial charge < -0.3 is 4.57 Å². The highest BCUT2D eigenvalue weighted by Gasteiger charge is 2.35. The SMILES string of the molecule is CCCCc1nc(Cl)c(-c2cc(-c3cn(S(=O)(=O)c4ccc(C)cc4)c4ccccc34)nc3c2C(=O)c2ccccc2-3)n1Cc1ccccc1. The number of fused-ring (bicyclic) bond motifs is 4. The van der Waals surface area contributed by atoms with Gasteiger partial charge >= 0.3 is 0 Å². The van der Waals surface area contributed by atoms with Crippen molar-refractivity contribution in [1.29, 1.82) is 0 Å². The minimum absolute atomic E-state index is 0.132. The number of ketones is 1. The average molecular weight is 697 g/mol. The molecule has 0 atom stereocenters. The van der Waals surface area contributed by atoms with E-state index in [2.05, 4.69) is 23.6 Å². The summed E-state index contributed by atoms with van der Waals surface area (Å²) in [6, 6.07) is 33.7. The Labute approximate surface area is 295 Å². The van der Waals surface area contributed by atoms with Crippen molar-refractivity contribution in [1.82, 2.24) is 18.5 Å². The maximum Gasteiger partial charge on any atom is 0.268 e. The highest BCUT2D eigenvalue weighted by atomic mass is 35.5. The van der Waals surface area contributed by atoms with Gasteiger partial charge in [0.25, 0.3) is 10.0 Å². The van der Waals surface area contributed by atoms with Crippen LogP contribution in [0.25, 0.3) is 44.7 Å². The third-order valence-corrected chi connectivity index (χ3v) is 11.4. The molecule has 0 bridgehead atoms. The summed E-state index contributed by atoms with van der Waals surface area (Å²) in [4.78, 5) is 24.4. The van der Waals surface area contributed by atoms with Crippen LogP contribution in [0.5, 0.6) is 0 Å². The summed E-state index contributed by atoms with van der Waals surface area (Å²) in [5, 5.41) is 1.02. The topological polar surface area (TPSA) is 86.8 Å². The number of nitrogens with zero attached hydrogens (tertiary/aromatic N) is 4. The summed E-state index contributed by atoms with van der Waals surface area (Å²) in [5.41, 5.74) is 7.25. The Morgan fingerprint density at radius 2 is 1.48 bits per heavy atom. The van der Waals surface area contributed by atoms with Gasteiger partial charge in [-0.2, -0.15) is 0 Å². The Hall–Kier alpha value is -5.31. The Bertz CT molecular complexity index is 2550. The molecule has 9 heteroatoms. The van der Waals surface area contributed by atoms with Gasteiger partial charge in [0.1, 0.15) is 5.82 Å². The molecular formula is C41H33ClN4O3S. The molecule has 7 aromatic rings. The van der Waals surface area contributed by atoms with E-state index in [0.717, 1.165) is 41.8 Å². The van der Waals surface area contributed by atoms with E-state index in [4.69, 9.17) is 21.6 Å². The maximum atomic E-state index is 14.2. The Morgan fingerprint density at radius 1 is 0.780 bits per heavy atom. The molecule has 8 rings (SSSR count). The molecule has 7 nitrogen and oxygen atoms in total. The van der Waals surface area contributed by atoms with Crippen LogP contribution in [0, 0.1) is 6.92 Å². The highest BCUT2D eigenvalue weighted by molar-refractivity contribution is 7.90. The number of aryl methyl sites for hydroxylation is 2. The molecule has 0 saturated heterocycles. The van der Waals surface area contributed by atoms with Crippen LogP contribution in [-0.4, -0.2) is 32.7 Å². The fourth-order valence-corrected chi connectivity index (χ4v) is 8.55. The molecule has 0 N–H and O–H groups in total. The van der Waals surface area contributed by atoms with E-state index in [1.54, 1.807) is 36.5 Å². The molecule has 4 aromatic carbocycles. The van der Waals surface area contributed by atoms with E-state index in [9.17, 15) is 13.2 Å². The summed E-state index contributed by atoms with van der Waals surface area (Å²) < 4.78 is 31.7. The number of para-hydroxylation sites is 1. The van der Waals surface area contributed by atoms with Crippen molar-refractivity contribution in [2.75, 3.05) is 0 Å². The zero-order valence-electron chi connectivity index (χ0n) is 27.6. The first-order chi connectivity index (χ1) is 24.3. The van der Waals surface area contributed by atoms with Crippen molar-refractivity contribution in [3.8, 4) is 33.8 Å². The zero-order valence-corrected chi connectivity index (χ0v) is 29.2. The second kappa shape index (κ2) is 12.5. The molecular weight excluding hydrogens is 664 g/mol. The first kappa shape index (κ1) is 31.9. The Morgan fingerprint density at radius 3 is 2.24 bits per heavy atom.